The standard InChI is InChI=1S/C16H15N/c1-10-6-5-7-12-14(10)13-8-3-4-9-17(13)16-11(2)15(12)16/h3-9,13,15-16H,2H2,1H3. The second-order valence-corrected chi connectivity index (χ2v) is 5.19. The summed E-state index contributed by atoms with van der Waals surface area (Å²) in [5.74, 6) is 0.567. The fourth-order valence-corrected chi connectivity index (χ4v) is 3.43. The summed E-state index contributed by atoms with van der Waals surface area (Å²) in [4.78, 5) is 2.46. The molecular weight excluding hydrogens is 206 g/mol. The zero-order valence-corrected chi connectivity index (χ0v) is 9.93. The summed E-state index contributed by atoms with van der Waals surface area (Å²) in [5.41, 5.74) is 5.77. The fraction of sp³-hybridized carbons (Fsp3) is 0.250. The van der Waals surface area contributed by atoms with Gasteiger partial charge in [0.2, 0.25) is 0 Å². The maximum atomic E-state index is 4.23. The van der Waals surface area contributed by atoms with Crippen LogP contribution in [0.25, 0.3) is 0 Å². The minimum Gasteiger partial charge on any atom is -0.359 e. The van der Waals surface area contributed by atoms with Gasteiger partial charge in [0.1, 0.15) is 0 Å². The number of aryl methyl sites for hydroxylation is 1. The molecular formula is C16H15N. The Balaban J connectivity index is 1.98. The highest BCUT2D eigenvalue weighted by atomic mass is 15.2. The Morgan fingerprint density at radius 2 is 2.12 bits per heavy atom. The predicted octanol–water partition coefficient (Wildman–Crippen LogP) is 3.46. The van der Waals surface area contributed by atoms with Crippen molar-refractivity contribution < 1.29 is 0 Å². The molecule has 1 nitrogen and oxygen atoms in total. The van der Waals surface area contributed by atoms with Crippen LogP contribution in [0.1, 0.15) is 28.7 Å². The largest absolute Gasteiger partial charge is 0.359 e. The highest BCUT2D eigenvalue weighted by Crippen LogP contribution is 2.58. The Labute approximate surface area is 102 Å². The van der Waals surface area contributed by atoms with Gasteiger partial charge < -0.3 is 4.90 Å². The van der Waals surface area contributed by atoms with Crippen LogP contribution in [0.5, 0.6) is 0 Å². The van der Waals surface area contributed by atoms with Crippen LogP contribution in [-0.4, -0.2) is 10.9 Å². The Morgan fingerprint density at radius 1 is 1.24 bits per heavy atom. The van der Waals surface area contributed by atoms with Crippen molar-refractivity contribution in [2.24, 2.45) is 0 Å². The van der Waals surface area contributed by atoms with E-state index in [0.717, 1.165) is 0 Å². The van der Waals surface area contributed by atoms with E-state index >= 15 is 0 Å². The van der Waals surface area contributed by atoms with Crippen molar-refractivity contribution in [1.82, 2.24) is 4.90 Å². The molecule has 0 amide bonds. The van der Waals surface area contributed by atoms with Gasteiger partial charge in [0.15, 0.2) is 0 Å². The Morgan fingerprint density at radius 3 is 3.00 bits per heavy atom. The molecule has 17 heavy (non-hydrogen) atoms. The minimum absolute atomic E-state index is 0.414. The van der Waals surface area contributed by atoms with E-state index in [-0.39, 0.29) is 0 Å². The molecule has 3 aliphatic rings. The highest BCUT2D eigenvalue weighted by molar-refractivity contribution is 5.58. The van der Waals surface area contributed by atoms with Crippen LogP contribution < -0.4 is 0 Å². The number of hydrogen-bond donors (Lipinski definition) is 0. The van der Waals surface area contributed by atoms with Gasteiger partial charge >= 0.3 is 0 Å². The molecule has 0 saturated heterocycles. The smallest absolute Gasteiger partial charge is 0.0736 e. The predicted molar refractivity (Wildman–Crippen MR) is 69.7 cm³/mol. The van der Waals surface area contributed by atoms with Crippen molar-refractivity contribution in [1.29, 1.82) is 0 Å². The molecule has 0 radical (unpaired) electrons. The van der Waals surface area contributed by atoms with Gasteiger partial charge in [-0.1, -0.05) is 36.9 Å². The number of hydrogen-bond acceptors (Lipinski definition) is 1. The Kier molecular flexibility index (Phi) is 1.60. The van der Waals surface area contributed by atoms with E-state index in [9.17, 15) is 0 Å². The lowest BCUT2D eigenvalue weighted by atomic mass is 9.88. The lowest BCUT2D eigenvalue weighted by Crippen LogP contribution is -2.31. The lowest BCUT2D eigenvalue weighted by molar-refractivity contribution is 0.296. The molecule has 3 unspecified atom stereocenters. The summed E-state index contributed by atoms with van der Waals surface area (Å²) in [6.07, 6.45) is 8.80. The van der Waals surface area contributed by atoms with E-state index in [1.165, 1.54) is 22.3 Å². The lowest BCUT2D eigenvalue weighted by Gasteiger charge is -2.36. The molecule has 0 bridgehead atoms. The minimum atomic E-state index is 0.414. The van der Waals surface area contributed by atoms with E-state index < -0.39 is 0 Å². The number of fused-ring (bicyclic) bond motifs is 6. The second kappa shape index (κ2) is 2.92. The van der Waals surface area contributed by atoms with Gasteiger partial charge in [-0.25, -0.2) is 0 Å². The molecule has 2 aliphatic heterocycles. The van der Waals surface area contributed by atoms with Gasteiger partial charge in [-0.05, 0) is 35.3 Å². The normalized spacial score (nSPS) is 31.9. The Bertz CT molecular complexity index is 579. The monoisotopic (exact) mass is 221 g/mol. The van der Waals surface area contributed by atoms with E-state index in [1.807, 2.05) is 0 Å². The first kappa shape index (κ1) is 9.29. The third-order valence-electron chi connectivity index (χ3n) is 4.28. The van der Waals surface area contributed by atoms with Crippen molar-refractivity contribution in [3.05, 3.63) is 71.5 Å². The van der Waals surface area contributed by atoms with Crippen molar-refractivity contribution in [3.8, 4) is 0 Å². The third kappa shape index (κ3) is 1.04. The summed E-state index contributed by atoms with van der Waals surface area (Å²) in [6.45, 7) is 6.45. The van der Waals surface area contributed by atoms with Gasteiger partial charge in [-0.15, -0.1) is 0 Å². The summed E-state index contributed by atoms with van der Waals surface area (Å²) in [6, 6.07) is 7.62. The molecule has 0 aromatic heterocycles. The molecule has 0 N–H and O–H groups in total. The number of benzene rings is 1. The second-order valence-electron chi connectivity index (χ2n) is 5.19. The van der Waals surface area contributed by atoms with Crippen molar-refractivity contribution in [3.63, 3.8) is 0 Å². The zero-order chi connectivity index (χ0) is 11.6. The zero-order valence-electron chi connectivity index (χ0n) is 9.93. The van der Waals surface area contributed by atoms with E-state index in [2.05, 4.69) is 61.0 Å². The topological polar surface area (TPSA) is 3.24 Å². The molecule has 84 valence electrons. The number of nitrogens with zero attached hydrogens (tertiary/aromatic N) is 1. The molecule has 3 atom stereocenters. The average Bonchev–Trinajstić information content (AvgIpc) is 3.02. The van der Waals surface area contributed by atoms with Gasteiger partial charge in [-0.2, -0.15) is 0 Å². The summed E-state index contributed by atoms with van der Waals surface area (Å²) in [5, 5.41) is 0. The highest BCUT2D eigenvalue weighted by Gasteiger charge is 2.53. The SMILES string of the molecule is C=C1C2c3cccc(C)c3C3C=CC=CN3C12. The molecule has 1 aromatic carbocycles. The molecule has 1 aliphatic carbocycles. The van der Waals surface area contributed by atoms with Crippen LogP contribution in [0, 0.1) is 6.92 Å². The van der Waals surface area contributed by atoms with Gasteiger partial charge in [0, 0.05) is 12.1 Å². The summed E-state index contributed by atoms with van der Waals surface area (Å²) < 4.78 is 0. The van der Waals surface area contributed by atoms with Crippen LogP contribution in [0.2, 0.25) is 0 Å². The summed E-state index contributed by atoms with van der Waals surface area (Å²) in [7, 11) is 0. The van der Waals surface area contributed by atoms with E-state index in [4.69, 9.17) is 0 Å². The number of rotatable bonds is 0. The molecule has 2 heterocycles. The first-order valence-electron chi connectivity index (χ1n) is 6.19. The number of allylic oxidation sites excluding steroid dienone is 2. The molecule has 4 rings (SSSR count). The van der Waals surface area contributed by atoms with Crippen molar-refractivity contribution >= 4 is 0 Å². The van der Waals surface area contributed by atoms with Crippen LogP contribution in [0.4, 0.5) is 0 Å². The first-order valence-corrected chi connectivity index (χ1v) is 6.19. The van der Waals surface area contributed by atoms with Gasteiger partial charge in [-0.3, -0.25) is 0 Å². The van der Waals surface area contributed by atoms with Gasteiger partial charge in [0.25, 0.3) is 0 Å². The summed E-state index contributed by atoms with van der Waals surface area (Å²) >= 11 is 0. The molecule has 1 fully saturated rings. The fourth-order valence-electron chi connectivity index (χ4n) is 3.43. The maximum absolute atomic E-state index is 4.23. The molecule has 1 aromatic rings. The van der Waals surface area contributed by atoms with E-state index in [1.54, 1.807) is 0 Å². The molecule has 0 spiro atoms. The van der Waals surface area contributed by atoms with E-state index in [0.29, 0.717) is 18.0 Å². The quantitative estimate of drug-likeness (QED) is 0.606. The molecule has 1 saturated carbocycles. The van der Waals surface area contributed by atoms with Gasteiger partial charge in [0.05, 0.1) is 12.1 Å². The average molecular weight is 221 g/mol. The maximum Gasteiger partial charge on any atom is 0.0736 e. The Hall–Kier alpha value is -1.76. The van der Waals surface area contributed by atoms with Crippen molar-refractivity contribution in [2.75, 3.05) is 0 Å². The third-order valence-corrected chi connectivity index (χ3v) is 4.28. The first-order chi connectivity index (χ1) is 8.29. The van der Waals surface area contributed by atoms with Crippen LogP contribution in [0.15, 0.2) is 54.8 Å². The van der Waals surface area contributed by atoms with Crippen LogP contribution in [0.3, 0.4) is 0 Å². The van der Waals surface area contributed by atoms with Crippen molar-refractivity contribution in [2.45, 2.75) is 24.9 Å². The van der Waals surface area contributed by atoms with Crippen LogP contribution >= 0.6 is 0 Å². The molecule has 1 heteroatoms. The van der Waals surface area contributed by atoms with Crippen LogP contribution in [-0.2, 0) is 0 Å².